The van der Waals surface area contributed by atoms with Crippen LogP contribution in [-0.4, -0.2) is 40.3 Å². The van der Waals surface area contributed by atoms with Crippen LogP contribution in [0.25, 0.3) is 0 Å². The maximum Gasteiger partial charge on any atom is 0.294 e. The number of rotatable bonds is 3. The first-order valence-electron chi connectivity index (χ1n) is 6.25. The molecule has 0 saturated carbocycles. The van der Waals surface area contributed by atoms with Crippen molar-refractivity contribution in [3.8, 4) is 0 Å². The maximum atomic E-state index is 12.4. The number of nitrogens with zero attached hydrogens (tertiary/aromatic N) is 2. The number of nitrogens with two attached hydrogens (primary N) is 1. The number of nitro groups is 1. The predicted molar refractivity (Wildman–Crippen MR) is 78.8 cm³/mol. The van der Waals surface area contributed by atoms with Crippen molar-refractivity contribution in [1.29, 1.82) is 0 Å². The standard InChI is InChI=1S/C12H16N4O3S/c13-14-10-3-2-9(8-11(10)16(18)19)12(17)15-4-1-6-20-7-5-15/h2-3,8,14H,1,4-7,13H2. The third-order valence-electron chi connectivity index (χ3n) is 3.11. The largest absolute Gasteiger partial charge is 0.338 e. The second-order valence-corrected chi connectivity index (χ2v) is 5.62. The van der Waals surface area contributed by atoms with Crippen LogP contribution >= 0.6 is 11.8 Å². The van der Waals surface area contributed by atoms with Crippen LogP contribution < -0.4 is 11.3 Å². The van der Waals surface area contributed by atoms with E-state index in [1.807, 2.05) is 11.8 Å². The third-order valence-corrected chi connectivity index (χ3v) is 4.15. The molecular formula is C12H16N4O3S. The topological polar surface area (TPSA) is 102 Å². The van der Waals surface area contributed by atoms with Gasteiger partial charge in [-0.25, -0.2) is 0 Å². The van der Waals surface area contributed by atoms with Crippen LogP contribution in [0, 0.1) is 10.1 Å². The van der Waals surface area contributed by atoms with E-state index in [0.29, 0.717) is 18.7 Å². The summed E-state index contributed by atoms with van der Waals surface area (Å²) in [7, 11) is 0. The zero-order valence-corrected chi connectivity index (χ0v) is 11.7. The zero-order chi connectivity index (χ0) is 14.5. The first-order chi connectivity index (χ1) is 9.63. The fourth-order valence-corrected chi connectivity index (χ4v) is 2.96. The number of anilines is 1. The van der Waals surface area contributed by atoms with Gasteiger partial charge in [0.05, 0.1) is 4.92 Å². The fraction of sp³-hybridized carbons (Fsp3) is 0.417. The molecular weight excluding hydrogens is 280 g/mol. The molecule has 108 valence electrons. The van der Waals surface area contributed by atoms with Gasteiger partial charge in [0, 0.05) is 30.5 Å². The highest BCUT2D eigenvalue weighted by Gasteiger charge is 2.21. The molecule has 0 radical (unpaired) electrons. The second kappa shape index (κ2) is 6.58. The molecule has 0 aliphatic carbocycles. The molecule has 0 aromatic heterocycles. The van der Waals surface area contributed by atoms with E-state index in [1.54, 1.807) is 11.0 Å². The van der Waals surface area contributed by atoms with Gasteiger partial charge >= 0.3 is 0 Å². The minimum atomic E-state index is -0.551. The Morgan fingerprint density at radius 1 is 1.40 bits per heavy atom. The van der Waals surface area contributed by atoms with E-state index in [1.165, 1.54) is 12.1 Å². The van der Waals surface area contributed by atoms with Crippen LogP contribution in [0.5, 0.6) is 0 Å². The van der Waals surface area contributed by atoms with Gasteiger partial charge in [-0.05, 0) is 24.3 Å². The van der Waals surface area contributed by atoms with Crippen molar-refractivity contribution in [3.05, 3.63) is 33.9 Å². The Kier molecular flexibility index (Phi) is 4.80. The number of nitro benzene ring substituents is 1. The Hall–Kier alpha value is -1.80. The number of benzene rings is 1. The molecule has 1 aromatic rings. The molecule has 3 N–H and O–H groups in total. The van der Waals surface area contributed by atoms with Crippen molar-refractivity contribution in [2.75, 3.05) is 30.0 Å². The predicted octanol–water partition coefficient (Wildman–Crippen LogP) is 1.46. The molecule has 7 nitrogen and oxygen atoms in total. The lowest BCUT2D eigenvalue weighted by molar-refractivity contribution is -0.384. The molecule has 8 heteroatoms. The summed E-state index contributed by atoms with van der Waals surface area (Å²) in [6, 6.07) is 4.29. The summed E-state index contributed by atoms with van der Waals surface area (Å²) < 4.78 is 0. The maximum absolute atomic E-state index is 12.4. The van der Waals surface area contributed by atoms with Crippen molar-refractivity contribution >= 4 is 29.0 Å². The zero-order valence-electron chi connectivity index (χ0n) is 10.9. The summed E-state index contributed by atoms with van der Waals surface area (Å²) in [6.07, 6.45) is 0.945. The Bertz CT molecular complexity index is 515. The number of hydrazine groups is 1. The number of hydrogen-bond donors (Lipinski definition) is 2. The number of carbonyl (C=O) groups excluding carboxylic acids is 1. The van der Waals surface area contributed by atoms with Gasteiger partial charge in [-0.1, -0.05) is 0 Å². The van der Waals surface area contributed by atoms with Crippen LogP contribution in [-0.2, 0) is 0 Å². The minimum Gasteiger partial charge on any atom is -0.338 e. The van der Waals surface area contributed by atoms with Crippen molar-refractivity contribution in [1.82, 2.24) is 4.90 Å². The molecule has 1 amide bonds. The SMILES string of the molecule is NNc1ccc(C(=O)N2CCCSCC2)cc1[N+](=O)[O-]. The molecule has 0 unspecified atom stereocenters. The van der Waals surface area contributed by atoms with E-state index in [9.17, 15) is 14.9 Å². The Morgan fingerprint density at radius 3 is 2.90 bits per heavy atom. The van der Waals surface area contributed by atoms with Gasteiger partial charge in [0.1, 0.15) is 5.69 Å². The lowest BCUT2D eigenvalue weighted by Gasteiger charge is -2.20. The van der Waals surface area contributed by atoms with Crippen LogP contribution in [0.2, 0.25) is 0 Å². The van der Waals surface area contributed by atoms with E-state index in [0.717, 1.165) is 17.9 Å². The van der Waals surface area contributed by atoms with Crippen LogP contribution in [0.15, 0.2) is 18.2 Å². The van der Waals surface area contributed by atoms with Crippen LogP contribution in [0.4, 0.5) is 11.4 Å². The number of thioether (sulfide) groups is 1. The van der Waals surface area contributed by atoms with Gasteiger partial charge < -0.3 is 10.3 Å². The number of nitrogens with one attached hydrogen (secondary N) is 1. The molecule has 1 saturated heterocycles. The summed E-state index contributed by atoms with van der Waals surface area (Å²) in [5, 5.41) is 11.0. The van der Waals surface area contributed by atoms with Crippen molar-refractivity contribution in [2.45, 2.75) is 6.42 Å². The van der Waals surface area contributed by atoms with Crippen molar-refractivity contribution in [3.63, 3.8) is 0 Å². The molecule has 2 rings (SSSR count). The fourth-order valence-electron chi connectivity index (χ4n) is 2.07. The highest BCUT2D eigenvalue weighted by Crippen LogP contribution is 2.25. The molecule has 1 aliphatic rings. The van der Waals surface area contributed by atoms with E-state index in [-0.39, 0.29) is 17.3 Å². The van der Waals surface area contributed by atoms with E-state index in [4.69, 9.17) is 5.84 Å². The molecule has 1 aromatic carbocycles. The molecule has 0 bridgehead atoms. The summed E-state index contributed by atoms with van der Waals surface area (Å²) in [6.45, 7) is 1.37. The summed E-state index contributed by atoms with van der Waals surface area (Å²) in [4.78, 5) is 24.5. The number of hydrogen-bond acceptors (Lipinski definition) is 6. The summed E-state index contributed by atoms with van der Waals surface area (Å²) >= 11 is 1.82. The Balaban J connectivity index is 2.25. The smallest absolute Gasteiger partial charge is 0.294 e. The van der Waals surface area contributed by atoms with E-state index >= 15 is 0 Å². The van der Waals surface area contributed by atoms with Crippen molar-refractivity contribution < 1.29 is 9.72 Å². The summed E-state index contributed by atoms with van der Waals surface area (Å²) in [5.41, 5.74) is 2.59. The monoisotopic (exact) mass is 296 g/mol. The first kappa shape index (κ1) is 14.6. The first-order valence-corrected chi connectivity index (χ1v) is 7.41. The van der Waals surface area contributed by atoms with Crippen LogP contribution in [0.3, 0.4) is 0 Å². The van der Waals surface area contributed by atoms with Gasteiger partial charge in [-0.3, -0.25) is 20.8 Å². The van der Waals surface area contributed by atoms with Gasteiger partial charge in [0.15, 0.2) is 0 Å². The van der Waals surface area contributed by atoms with Crippen LogP contribution in [0.1, 0.15) is 16.8 Å². The van der Waals surface area contributed by atoms with Gasteiger partial charge in [0.2, 0.25) is 0 Å². The van der Waals surface area contributed by atoms with Crippen molar-refractivity contribution in [2.24, 2.45) is 5.84 Å². The van der Waals surface area contributed by atoms with Gasteiger partial charge in [0.25, 0.3) is 11.6 Å². The Labute approximate surface area is 120 Å². The highest BCUT2D eigenvalue weighted by atomic mass is 32.2. The number of amides is 1. The summed E-state index contributed by atoms with van der Waals surface area (Å²) in [5.74, 6) is 7.00. The molecule has 1 aliphatic heterocycles. The average molecular weight is 296 g/mol. The third kappa shape index (κ3) is 3.20. The number of carbonyl (C=O) groups is 1. The lowest BCUT2D eigenvalue weighted by atomic mass is 10.1. The van der Waals surface area contributed by atoms with E-state index in [2.05, 4.69) is 5.43 Å². The molecule has 1 heterocycles. The van der Waals surface area contributed by atoms with E-state index < -0.39 is 4.92 Å². The molecule has 20 heavy (non-hydrogen) atoms. The molecule has 0 spiro atoms. The quantitative estimate of drug-likeness (QED) is 0.497. The number of nitrogen functional groups attached to an aromatic ring is 1. The second-order valence-electron chi connectivity index (χ2n) is 4.39. The molecule has 1 fully saturated rings. The highest BCUT2D eigenvalue weighted by molar-refractivity contribution is 7.99. The minimum absolute atomic E-state index is 0.167. The normalized spacial score (nSPS) is 15.6. The van der Waals surface area contributed by atoms with Gasteiger partial charge in [-0.2, -0.15) is 11.8 Å². The lowest BCUT2D eigenvalue weighted by Crippen LogP contribution is -2.33. The average Bonchev–Trinajstić information content (AvgIpc) is 2.74. The Morgan fingerprint density at radius 2 is 2.20 bits per heavy atom. The molecule has 0 atom stereocenters. The van der Waals surface area contributed by atoms with Gasteiger partial charge in [-0.15, -0.1) is 0 Å².